The summed E-state index contributed by atoms with van der Waals surface area (Å²) in [6.07, 6.45) is 16.7. The van der Waals surface area contributed by atoms with Crippen molar-refractivity contribution < 1.29 is 24.6 Å². The fraction of sp³-hybridized carbons (Fsp3) is 0.705. The van der Waals surface area contributed by atoms with Gasteiger partial charge in [-0.3, -0.25) is 9.59 Å². The molecule has 4 fully saturated rings. The van der Waals surface area contributed by atoms with Gasteiger partial charge in [-0.05, 0) is 153 Å². The molecule has 6 rings (SSSR count). The molecule has 7 nitrogen and oxygen atoms in total. The molecule has 5 aliphatic carbocycles. The minimum absolute atomic E-state index is 0.00475. The number of nitrogens with zero attached hydrogens (tertiary/aromatic N) is 1. The molecule has 282 valence electrons. The first-order valence-electron chi connectivity index (χ1n) is 20.0. The molecule has 0 aromatic heterocycles. The summed E-state index contributed by atoms with van der Waals surface area (Å²) in [6, 6.07) is 7.51. The normalized spacial score (nSPS) is 34.7. The maximum absolute atomic E-state index is 14.1. The summed E-state index contributed by atoms with van der Waals surface area (Å²) in [6.45, 7) is 20.5. The van der Waals surface area contributed by atoms with Crippen LogP contribution in [0.4, 0.5) is 0 Å². The molecule has 0 bridgehead atoms. The van der Waals surface area contributed by atoms with Crippen molar-refractivity contribution in [3.8, 4) is 0 Å². The Labute approximate surface area is 307 Å². The van der Waals surface area contributed by atoms with Crippen molar-refractivity contribution in [3.05, 3.63) is 54.1 Å². The largest absolute Gasteiger partial charge is 0.481 e. The summed E-state index contributed by atoms with van der Waals surface area (Å²) in [7, 11) is 0. The number of hydrogen-bond donors (Lipinski definition) is 3. The molecule has 3 N–H and O–H groups in total. The zero-order valence-electron chi connectivity index (χ0n) is 32.4. The van der Waals surface area contributed by atoms with Gasteiger partial charge in [0, 0.05) is 19.5 Å². The van der Waals surface area contributed by atoms with Gasteiger partial charge in [-0.25, -0.2) is 4.79 Å². The fourth-order valence-electron chi connectivity index (χ4n) is 12.9. The molecule has 0 aliphatic heterocycles. The van der Waals surface area contributed by atoms with Crippen molar-refractivity contribution in [2.75, 3.05) is 26.2 Å². The minimum atomic E-state index is -0.878. The molecule has 4 saturated carbocycles. The van der Waals surface area contributed by atoms with Crippen LogP contribution in [0.1, 0.15) is 135 Å². The average Bonchev–Trinajstić information content (AvgIpc) is 3.53. The summed E-state index contributed by atoms with van der Waals surface area (Å²) in [5.41, 5.74) is 3.18. The van der Waals surface area contributed by atoms with Crippen LogP contribution >= 0.6 is 0 Å². The highest BCUT2D eigenvalue weighted by molar-refractivity contribution is 5.88. The third-order valence-corrected chi connectivity index (χ3v) is 15.0. The predicted molar refractivity (Wildman–Crippen MR) is 205 cm³/mol. The number of carboxylic acids is 2. The van der Waals surface area contributed by atoms with E-state index in [0.29, 0.717) is 53.5 Å². The maximum atomic E-state index is 14.1. The van der Waals surface area contributed by atoms with E-state index >= 15 is 0 Å². The number of fused-ring (bicyclic) bond motifs is 7. The molecule has 0 spiro atoms. The molecular formula is C44H66N2O5. The second-order valence-corrected chi connectivity index (χ2v) is 17.7. The lowest BCUT2D eigenvalue weighted by Gasteiger charge is -2.68. The Morgan fingerprint density at radius 1 is 0.902 bits per heavy atom. The number of carbonyl (C=O) groups is 3. The van der Waals surface area contributed by atoms with Gasteiger partial charge in [0.15, 0.2) is 0 Å². The quantitative estimate of drug-likeness (QED) is 0.199. The topological polar surface area (TPSA) is 107 Å². The van der Waals surface area contributed by atoms with Crippen molar-refractivity contribution in [1.82, 2.24) is 10.2 Å². The van der Waals surface area contributed by atoms with Crippen LogP contribution < -0.4 is 5.32 Å². The average molecular weight is 703 g/mol. The summed E-state index contributed by atoms with van der Waals surface area (Å²) in [5, 5.41) is 21.8. The van der Waals surface area contributed by atoms with Gasteiger partial charge in [-0.1, -0.05) is 65.3 Å². The second kappa shape index (κ2) is 15.6. The second-order valence-electron chi connectivity index (χ2n) is 17.7. The number of rotatable bonds is 11. The first kappa shape index (κ1) is 39.3. The highest BCUT2D eigenvalue weighted by Gasteiger charge is 2.66. The first-order valence-corrected chi connectivity index (χ1v) is 20.0. The van der Waals surface area contributed by atoms with Gasteiger partial charge in [-0.2, -0.15) is 0 Å². The monoisotopic (exact) mass is 702 g/mol. The Morgan fingerprint density at radius 3 is 2.25 bits per heavy atom. The number of aromatic carboxylic acids is 1. The summed E-state index contributed by atoms with van der Waals surface area (Å²) in [4.78, 5) is 38.8. The van der Waals surface area contributed by atoms with E-state index in [2.05, 4.69) is 57.5 Å². The van der Waals surface area contributed by atoms with Gasteiger partial charge in [0.05, 0.1) is 11.0 Å². The Bertz CT molecular complexity index is 1470. The zero-order valence-corrected chi connectivity index (χ0v) is 32.4. The third kappa shape index (κ3) is 7.22. The number of allylic oxidation sites excluding steroid dienone is 3. The molecular weight excluding hydrogens is 636 g/mol. The molecule has 8 atom stereocenters. The van der Waals surface area contributed by atoms with Crippen molar-refractivity contribution in [3.63, 3.8) is 0 Å². The van der Waals surface area contributed by atoms with Crippen molar-refractivity contribution in [2.24, 2.45) is 51.2 Å². The van der Waals surface area contributed by atoms with Crippen molar-refractivity contribution in [1.29, 1.82) is 0 Å². The predicted octanol–water partition coefficient (Wildman–Crippen LogP) is 9.34. The number of carboxylic acid groups (broad SMARTS) is 2. The van der Waals surface area contributed by atoms with Crippen molar-refractivity contribution in [2.45, 2.75) is 119 Å². The van der Waals surface area contributed by atoms with Gasteiger partial charge in [0.25, 0.3) is 0 Å². The Kier molecular flexibility index (Phi) is 12.0. The number of nitrogens with one attached hydrogen (secondary N) is 1. The molecule has 0 heterocycles. The molecule has 8 unspecified atom stereocenters. The maximum Gasteiger partial charge on any atom is 0.335 e. The summed E-state index contributed by atoms with van der Waals surface area (Å²) in [5.74, 6) is 1.70. The van der Waals surface area contributed by atoms with Gasteiger partial charge < -0.3 is 20.4 Å². The van der Waals surface area contributed by atoms with Crippen LogP contribution in [0.15, 0.2) is 43.0 Å². The highest BCUT2D eigenvalue weighted by Crippen LogP contribution is 2.73. The number of likely N-dealkylation sites (N-methyl/N-ethyl adjacent to an activating group) is 1. The SMILES string of the molecule is C=CC.CCN(CCCC(=O)O)CCNC(=O)C12CCCC1C1CCC3C(C)(CCC4C(C)(C)C(c5ccc(C(=O)O)cc5)=CCC43C)C1CC2. The number of benzene rings is 1. The summed E-state index contributed by atoms with van der Waals surface area (Å²) >= 11 is 0. The van der Waals surface area contributed by atoms with Gasteiger partial charge in [0.1, 0.15) is 0 Å². The van der Waals surface area contributed by atoms with Crippen LogP contribution in [0.25, 0.3) is 5.57 Å². The standard InChI is InChI=1S/C41H60N2O5.C3H6/c1-6-43(25-8-10-35(44)45)26-24-42-37(48)41-20-7-9-32(41)29-15-16-34-39(4,31(29)18-23-41)22-19-33-38(2,3)30(17-21-40(33,34)5)27-11-13-28(14-12-27)36(46)47;1-3-2/h11-14,17,29,31-34H,6-10,15-16,18-26H2,1-5H3,(H,42,48)(H,44,45)(H,46,47);3H,1H2,2H3. The fourth-order valence-corrected chi connectivity index (χ4v) is 12.9. The van der Waals surface area contributed by atoms with E-state index in [1.807, 2.05) is 19.1 Å². The van der Waals surface area contributed by atoms with Crippen molar-refractivity contribution >= 4 is 23.4 Å². The van der Waals surface area contributed by atoms with Crippen LogP contribution in [0.5, 0.6) is 0 Å². The van der Waals surface area contributed by atoms with E-state index in [-0.39, 0.29) is 28.6 Å². The molecule has 1 aromatic carbocycles. The van der Waals surface area contributed by atoms with Crippen LogP contribution in [-0.2, 0) is 9.59 Å². The Morgan fingerprint density at radius 2 is 1.61 bits per heavy atom. The van der Waals surface area contributed by atoms with Crippen LogP contribution in [0.3, 0.4) is 0 Å². The summed E-state index contributed by atoms with van der Waals surface area (Å²) < 4.78 is 0. The Balaban J connectivity index is 0.00000162. The number of hydrogen-bond acceptors (Lipinski definition) is 4. The molecule has 0 saturated heterocycles. The molecule has 51 heavy (non-hydrogen) atoms. The number of aliphatic carboxylic acids is 1. The molecule has 0 radical (unpaired) electrons. The van der Waals surface area contributed by atoms with E-state index in [1.165, 1.54) is 44.1 Å². The van der Waals surface area contributed by atoms with Gasteiger partial charge >= 0.3 is 11.9 Å². The van der Waals surface area contributed by atoms with E-state index < -0.39 is 11.9 Å². The number of carbonyl (C=O) groups excluding carboxylic acids is 1. The zero-order chi connectivity index (χ0) is 37.2. The lowest BCUT2D eigenvalue weighted by atomic mass is 9.36. The third-order valence-electron chi connectivity index (χ3n) is 15.0. The van der Waals surface area contributed by atoms with Crippen LogP contribution in [0, 0.1) is 51.2 Å². The molecule has 1 aromatic rings. The van der Waals surface area contributed by atoms with E-state index in [1.54, 1.807) is 18.2 Å². The molecule has 1 amide bonds. The van der Waals surface area contributed by atoms with E-state index in [4.69, 9.17) is 5.11 Å². The lowest BCUT2D eigenvalue weighted by Crippen LogP contribution is -2.62. The molecule has 5 aliphatic rings. The van der Waals surface area contributed by atoms with Gasteiger partial charge in [-0.15, -0.1) is 6.58 Å². The van der Waals surface area contributed by atoms with Crippen LogP contribution in [-0.4, -0.2) is 59.1 Å². The van der Waals surface area contributed by atoms with E-state index in [0.717, 1.165) is 50.9 Å². The lowest BCUT2D eigenvalue weighted by molar-refractivity contribution is -0.181. The first-order chi connectivity index (χ1) is 24.2. The van der Waals surface area contributed by atoms with Crippen LogP contribution in [0.2, 0.25) is 0 Å². The van der Waals surface area contributed by atoms with E-state index in [9.17, 15) is 19.5 Å². The smallest absolute Gasteiger partial charge is 0.335 e. The van der Waals surface area contributed by atoms with Gasteiger partial charge in [0.2, 0.25) is 5.91 Å². The highest BCUT2D eigenvalue weighted by atomic mass is 16.4. The minimum Gasteiger partial charge on any atom is -0.481 e. The Hall–Kier alpha value is -2.93. The molecule has 7 heteroatoms. The number of amides is 1.